The Morgan fingerprint density at radius 2 is 1.41 bits per heavy atom. The Morgan fingerprint density at radius 1 is 0.821 bits per heavy atom. The van der Waals surface area contributed by atoms with Gasteiger partial charge < -0.3 is 9.67 Å². The molecule has 4 aromatic rings. The van der Waals surface area contributed by atoms with Crippen LogP contribution in [0.5, 0.6) is 0 Å². The van der Waals surface area contributed by atoms with Gasteiger partial charge in [-0.15, -0.1) is 0 Å². The smallest absolute Gasteiger partial charge is 0.307 e. The monoisotopic (exact) mass is 523 g/mol. The van der Waals surface area contributed by atoms with Crippen molar-refractivity contribution in [3.8, 4) is 11.4 Å². The van der Waals surface area contributed by atoms with E-state index in [0.29, 0.717) is 0 Å². The predicted octanol–water partition coefficient (Wildman–Crippen LogP) is 7.91. The average molecular weight is 524 g/mol. The second-order valence-electron chi connectivity index (χ2n) is 10.3. The van der Waals surface area contributed by atoms with Crippen molar-refractivity contribution in [2.75, 3.05) is 0 Å². The van der Waals surface area contributed by atoms with Crippen LogP contribution in [0.1, 0.15) is 74.4 Å². The molecule has 0 fully saturated rings. The number of aliphatic carboxylic acids is 1. The van der Waals surface area contributed by atoms with Crippen LogP contribution in [0, 0.1) is 0 Å². The molecule has 1 aromatic heterocycles. The lowest BCUT2D eigenvalue weighted by atomic mass is 10.0. The van der Waals surface area contributed by atoms with Gasteiger partial charge in [-0.3, -0.25) is 9.69 Å². The highest BCUT2D eigenvalue weighted by Gasteiger charge is 2.26. The second kappa shape index (κ2) is 14.5. The highest BCUT2D eigenvalue weighted by molar-refractivity contribution is 5.70. The molecule has 0 aliphatic heterocycles. The van der Waals surface area contributed by atoms with Gasteiger partial charge in [0.15, 0.2) is 0 Å². The minimum Gasteiger partial charge on any atom is -0.481 e. The SMILES string of the molecule is CCCCC(c1cnc(-c2ccccc2)n1CCCC)N(Cc1ccccc1)Cc1ccc(CC(=O)O)cc1. The van der Waals surface area contributed by atoms with E-state index in [9.17, 15) is 9.90 Å². The van der Waals surface area contributed by atoms with E-state index in [-0.39, 0.29) is 12.5 Å². The average Bonchev–Trinajstić information content (AvgIpc) is 3.37. The molecule has 0 bridgehead atoms. The summed E-state index contributed by atoms with van der Waals surface area (Å²) in [6.45, 7) is 7.04. The Morgan fingerprint density at radius 3 is 2.03 bits per heavy atom. The normalized spacial score (nSPS) is 12.1. The van der Waals surface area contributed by atoms with E-state index < -0.39 is 5.97 Å². The molecule has 5 heteroatoms. The van der Waals surface area contributed by atoms with E-state index in [1.165, 1.54) is 16.8 Å². The molecule has 1 N–H and O–H groups in total. The molecule has 0 amide bonds. The first kappa shape index (κ1) is 28.3. The molecule has 0 saturated heterocycles. The van der Waals surface area contributed by atoms with Crippen molar-refractivity contribution < 1.29 is 9.90 Å². The van der Waals surface area contributed by atoms with Crippen LogP contribution in [0.4, 0.5) is 0 Å². The maximum Gasteiger partial charge on any atom is 0.307 e. The summed E-state index contributed by atoms with van der Waals surface area (Å²) >= 11 is 0. The zero-order chi connectivity index (χ0) is 27.5. The van der Waals surface area contributed by atoms with Gasteiger partial charge in [0.2, 0.25) is 0 Å². The minimum absolute atomic E-state index is 0.0476. The first-order valence-electron chi connectivity index (χ1n) is 14.3. The van der Waals surface area contributed by atoms with Crippen LogP contribution in [0.25, 0.3) is 11.4 Å². The van der Waals surface area contributed by atoms with Gasteiger partial charge in [-0.2, -0.15) is 0 Å². The van der Waals surface area contributed by atoms with Crippen molar-refractivity contribution in [2.45, 2.75) is 78.0 Å². The van der Waals surface area contributed by atoms with Crippen LogP contribution in [0.3, 0.4) is 0 Å². The fourth-order valence-corrected chi connectivity index (χ4v) is 5.20. The number of carboxylic acid groups (broad SMARTS) is 1. The highest BCUT2D eigenvalue weighted by Crippen LogP contribution is 2.33. The van der Waals surface area contributed by atoms with Crippen LogP contribution in [0.2, 0.25) is 0 Å². The van der Waals surface area contributed by atoms with Crippen LogP contribution >= 0.6 is 0 Å². The van der Waals surface area contributed by atoms with Crippen molar-refractivity contribution in [3.63, 3.8) is 0 Å². The molecular formula is C34H41N3O2. The second-order valence-corrected chi connectivity index (χ2v) is 10.3. The van der Waals surface area contributed by atoms with Crippen molar-refractivity contribution >= 4 is 5.97 Å². The van der Waals surface area contributed by atoms with Gasteiger partial charge in [-0.25, -0.2) is 4.98 Å². The van der Waals surface area contributed by atoms with Gasteiger partial charge in [0.25, 0.3) is 0 Å². The summed E-state index contributed by atoms with van der Waals surface area (Å²) in [4.78, 5) is 18.7. The zero-order valence-corrected chi connectivity index (χ0v) is 23.3. The first-order valence-corrected chi connectivity index (χ1v) is 14.3. The molecule has 0 aliphatic rings. The Hall–Kier alpha value is -3.70. The van der Waals surface area contributed by atoms with Crippen molar-refractivity contribution in [1.29, 1.82) is 0 Å². The molecule has 0 aliphatic carbocycles. The molecule has 0 saturated carbocycles. The first-order chi connectivity index (χ1) is 19.1. The molecule has 1 unspecified atom stereocenters. The third-order valence-electron chi connectivity index (χ3n) is 7.26. The van der Waals surface area contributed by atoms with Gasteiger partial charge in [0.1, 0.15) is 5.82 Å². The van der Waals surface area contributed by atoms with Crippen LogP contribution in [-0.2, 0) is 30.8 Å². The van der Waals surface area contributed by atoms with E-state index >= 15 is 0 Å². The van der Waals surface area contributed by atoms with Gasteiger partial charge in [-0.05, 0) is 29.5 Å². The number of unbranched alkanes of at least 4 members (excludes halogenated alkanes) is 2. The third-order valence-corrected chi connectivity index (χ3v) is 7.26. The Balaban J connectivity index is 1.74. The summed E-state index contributed by atoms with van der Waals surface area (Å²) in [6.07, 6.45) is 7.70. The topological polar surface area (TPSA) is 58.4 Å². The van der Waals surface area contributed by atoms with Crippen LogP contribution in [-0.4, -0.2) is 25.5 Å². The van der Waals surface area contributed by atoms with Gasteiger partial charge in [0.05, 0.1) is 24.4 Å². The molecule has 204 valence electrons. The number of aromatic nitrogens is 2. The van der Waals surface area contributed by atoms with Gasteiger partial charge in [-0.1, -0.05) is 118 Å². The number of carboxylic acids is 1. The lowest BCUT2D eigenvalue weighted by Gasteiger charge is -2.33. The van der Waals surface area contributed by atoms with Crippen molar-refractivity contribution in [3.05, 3.63) is 114 Å². The number of rotatable bonds is 15. The van der Waals surface area contributed by atoms with E-state index in [2.05, 4.69) is 102 Å². The molecular weight excluding hydrogens is 482 g/mol. The predicted molar refractivity (Wildman–Crippen MR) is 158 cm³/mol. The fourth-order valence-electron chi connectivity index (χ4n) is 5.20. The maximum atomic E-state index is 11.2. The molecule has 39 heavy (non-hydrogen) atoms. The maximum absolute atomic E-state index is 11.2. The summed E-state index contributed by atoms with van der Waals surface area (Å²) < 4.78 is 2.45. The van der Waals surface area contributed by atoms with Crippen molar-refractivity contribution in [2.24, 2.45) is 0 Å². The van der Waals surface area contributed by atoms with Crippen LogP contribution < -0.4 is 0 Å². The number of hydrogen-bond acceptors (Lipinski definition) is 3. The number of carbonyl (C=O) groups is 1. The third kappa shape index (κ3) is 7.90. The molecule has 3 aromatic carbocycles. The van der Waals surface area contributed by atoms with E-state index in [0.717, 1.165) is 68.7 Å². The van der Waals surface area contributed by atoms with E-state index in [4.69, 9.17) is 4.98 Å². The van der Waals surface area contributed by atoms with Crippen LogP contribution in [0.15, 0.2) is 91.1 Å². The summed E-state index contributed by atoms with van der Waals surface area (Å²) in [5.74, 6) is 0.237. The minimum atomic E-state index is -0.803. The Bertz CT molecular complexity index is 1280. The molecule has 0 spiro atoms. The summed E-state index contributed by atoms with van der Waals surface area (Å²) in [7, 11) is 0. The van der Waals surface area contributed by atoms with E-state index in [1.54, 1.807) is 0 Å². The Kier molecular flexibility index (Phi) is 10.5. The number of imidazole rings is 1. The molecule has 5 nitrogen and oxygen atoms in total. The lowest BCUT2D eigenvalue weighted by Crippen LogP contribution is -2.30. The number of hydrogen-bond donors (Lipinski definition) is 1. The highest BCUT2D eigenvalue weighted by atomic mass is 16.4. The van der Waals surface area contributed by atoms with Gasteiger partial charge >= 0.3 is 5.97 Å². The fraction of sp³-hybridized carbons (Fsp3) is 0.353. The Labute approximate surface area is 233 Å². The molecule has 1 heterocycles. The standard InChI is InChI=1S/C34H41N3O2/c1-3-5-17-31(32-24-35-34(37(32)22-6-4-2)30-15-11-8-12-16-30)36(25-28-13-9-7-10-14-28)26-29-20-18-27(19-21-29)23-33(38)39/h7-16,18-21,24,31H,3-6,17,22-23,25-26H2,1-2H3,(H,38,39). The molecule has 4 rings (SSSR count). The summed E-state index contributed by atoms with van der Waals surface area (Å²) in [5, 5.41) is 9.18. The van der Waals surface area contributed by atoms with E-state index in [1.807, 2.05) is 12.1 Å². The summed E-state index contributed by atoms with van der Waals surface area (Å²) in [5.41, 5.74) is 5.72. The zero-order valence-electron chi connectivity index (χ0n) is 23.3. The lowest BCUT2D eigenvalue weighted by molar-refractivity contribution is -0.136. The largest absolute Gasteiger partial charge is 0.481 e. The van der Waals surface area contributed by atoms with Crippen molar-refractivity contribution in [1.82, 2.24) is 14.5 Å². The number of nitrogens with zero attached hydrogens (tertiary/aromatic N) is 3. The van der Waals surface area contributed by atoms with Gasteiger partial charge in [0, 0.05) is 25.2 Å². The molecule has 1 atom stereocenters. The quantitative estimate of drug-likeness (QED) is 0.172. The molecule has 0 radical (unpaired) electrons. The number of benzene rings is 3. The summed E-state index contributed by atoms with van der Waals surface area (Å²) in [6, 6.07) is 29.4.